The van der Waals surface area contributed by atoms with Gasteiger partial charge in [-0.3, -0.25) is 9.78 Å². The second-order valence-corrected chi connectivity index (χ2v) is 8.01. The van der Waals surface area contributed by atoms with E-state index in [0.717, 1.165) is 5.39 Å². The highest BCUT2D eigenvalue weighted by molar-refractivity contribution is 7.89. The Morgan fingerprint density at radius 2 is 1.85 bits per heavy atom. The van der Waals surface area contributed by atoms with Crippen molar-refractivity contribution < 1.29 is 13.2 Å². The molecule has 3 aromatic rings. The van der Waals surface area contributed by atoms with E-state index in [0.29, 0.717) is 17.5 Å². The minimum absolute atomic E-state index is 0.184. The molecule has 1 N–H and O–H groups in total. The standard InChI is InChI=1S/C20H21N3O3S/c1-2-13-23(15-20(24)22-17-8-4-3-5-9-17)27(25,26)19-10-6-7-16-14-21-12-11-18(16)19/h3-12,14H,2,13,15H2,1H3,(H,22,24). The van der Waals surface area contributed by atoms with Crippen LogP contribution < -0.4 is 5.32 Å². The topological polar surface area (TPSA) is 79.4 Å². The van der Waals surface area contributed by atoms with Gasteiger partial charge in [0, 0.05) is 35.4 Å². The third-order valence-corrected chi connectivity index (χ3v) is 6.01. The van der Waals surface area contributed by atoms with Crippen LogP contribution in [0.4, 0.5) is 5.69 Å². The van der Waals surface area contributed by atoms with Gasteiger partial charge >= 0.3 is 0 Å². The number of nitrogens with zero attached hydrogens (tertiary/aromatic N) is 2. The van der Waals surface area contributed by atoms with Gasteiger partial charge in [0.15, 0.2) is 0 Å². The summed E-state index contributed by atoms with van der Waals surface area (Å²) in [6.45, 7) is 1.89. The summed E-state index contributed by atoms with van der Waals surface area (Å²) in [7, 11) is -3.83. The van der Waals surface area contributed by atoms with Gasteiger partial charge in [0.05, 0.1) is 11.4 Å². The number of hydrogen-bond acceptors (Lipinski definition) is 4. The Kier molecular flexibility index (Phi) is 5.83. The zero-order valence-electron chi connectivity index (χ0n) is 15.0. The molecule has 0 saturated carbocycles. The van der Waals surface area contributed by atoms with Crippen LogP contribution in [0.1, 0.15) is 13.3 Å². The summed E-state index contributed by atoms with van der Waals surface area (Å²) in [5, 5.41) is 4.07. The molecule has 0 aliphatic carbocycles. The van der Waals surface area contributed by atoms with Crippen LogP contribution in [0.15, 0.2) is 71.9 Å². The molecule has 0 unspecified atom stereocenters. The van der Waals surface area contributed by atoms with Crippen LogP contribution in [-0.4, -0.2) is 36.7 Å². The fraction of sp³-hybridized carbons (Fsp3) is 0.200. The van der Waals surface area contributed by atoms with E-state index in [1.807, 2.05) is 19.1 Å². The first-order chi connectivity index (χ1) is 13.0. The number of sulfonamides is 1. The molecule has 1 heterocycles. The molecule has 0 aliphatic rings. The fourth-order valence-electron chi connectivity index (χ4n) is 2.87. The first kappa shape index (κ1) is 19.0. The van der Waals surface area contributed by atoms with Crippen molar-refractivity contribution >= 4 is 32.4 Å². The molecule has 0 fully saturated rings. The van der Waals surface area contributed by atoms with E-state index >= 15 is 0 Å². The van der Waals surface area contributed by atoms with Gasteiger partial charge in [0.2, 0.25) is 15.9 Å². The zero-order valence-corrected chi connectivity index (χ0v) is 15.8. The van der Waals surface area contributed by atoms with Crippen molar-refractivity contribution in [2.75, 3.05) is 18.4 Å². The summed E-state index contributed by atoms with van der Waals surface area (Å²) >= 11 is 0. The summed E-state index contributed by atoms with van der Waals surface area (Å²) in [5.74, 6) is -0.375. The maximum absolute atomic E-state index is 13.2. The molecule has 1 aromatic heterocycles. The molecule has 27 heavy (non-hydrogen) atoms. The van der Waals surface area contributed by atoms with Gasteiger partial charge in [-0.1, -0.05) is 37.3 Å². The highest BCUT2D eigenvalue weighted by atomic mass is 32.2. The van der Waals surface area contributed by atoms with Gasteiger partial charge in [-0.2, -0.15) is 4.31 Å². The SMILES string of the molecule is CCCN(CC(=O)Nc1ccccc1)S(=O)(=O)c1cccc2cnccc12. The maximum atomic E-state index is 13.2. The summed E-state index contributed by atoms with van der Waals surface area (Å²) < 4.78 is 27.7. The number of nitrogens with one attached hydrogen (secondary N) is 1. The van der Waals surface area contributed by atoms with Crippen LogP contribution in [0.3, 0.4) is 0 Å². The van der Waals surface area contributed by atoms with Crippen LogP contribution in [0, 0.1) is 0 Å². The average molecular weight is 383 g/mol. The van der Waals surface area contributed by atoms with Crippen molar-refractivity contribution in [3.05, 3.63) is 67.0 Å². The van der Waals surface area contributed by atoms with Crippen molar-refractivity contribution in [2.24, 2.45) is 0 Å². The molecular weight excluding hydrogens is 362 g/mol. The number of carbonyl (C=O) groups is 1. The van der Waals surface area contributed by atoms with E-state index in [9.17, 15) is 13.2 Å². The average Bonchev–Trinajstić information content (AvgIpc) is 2.68. The Morgan fingerprint density at radius 1 is 1.07 bits per heavy atom. The smallest absolute Gasteiger partial charge is 0.244 e. The molecule has 0 saturated heterocycles. The fourth-order valence-corrected chi connectivity index (χ4v) is 4.58. The second kappa shape index (κ2) is 8.28. The lowest BCUT2D eigenvalue weighted by molar-refractivity contribution is -0.116. The molecule has 1 amide bonds. The molecule has 7 heteroatoms. The van der Waals surface area contributed by atoms with Crippen LogP contribution >= 0.6 is 0 Å². The molecule has 0 spiro atoms. The van der Waals surface area contributed by atoms with Gasteiger partial charge in [0.1, 0.15) is 0 Å². The zero-order chi connectivity index (χ0) is 19.3. The number of hydrogen-bond donors (Lipinski definition) is 1. The highest BCUT2D eigenvalue weighted by Gasteiger charge is 2.27. The summed E-state index contributed by atoms with van der Waals surface area (Å²) in [6.07, 6.45) is 3.79. The van der Waals surface area contributed by atoms with Crippen molar-refractivity contribution in [2.45, 2.75) is 18.2 Å². The van der Waals surface area contributed by atoms with E-state index in [2.05, 4.69) is 10.3 Å². The van der Waals surface area contributed by atoms with Crippen LogP contribution in [0.2, 0.25) is 0 Å². The largest absolute Gasteiger partial charge is 0.325 e. The van der Waals surface area contributed by atoms with E-state index in [1.54, 1.807) is 54.9 Å². The van der Waals surface area contributed by atoms with Gasteiger partial charge in [-0.15, -0.1) is 0 Å². The predicted octanol–water partition coefficient (Wildman–Crippen LogP) is 3.27. The number of carbonyl (C=O) groups excluding carboxylic acids is 1. The predicted molar refractivity (Wildman–Crippen MR) is 106 cm³/mol. The Labute approximate surface area is 158 Å². The molecule has 0 radical (unpaired) electrons. The molecule has 140 valence electrons. The van der Waals surface area contributed by atoms with Crippen molar-refractivity contribution in [3.63, 3.8) is 0 Å². The van der Waals surface area contributed by atoms with E-state index in [4.69, 9.17) is 0 Å². The maximum Gasteiger partial charge on any atom is 0.244 e. The number of amides is 1. The number of rotatable bonds is 7. The number of para-hydroxylation sites is 1. The van der Waals surface area contributed by atoms with Crippen LogP contribution in [-0.2, 0) is 14.8 Å². The number of benzene rings is 2. The summed E-state index contributed by atoms with van der Waals surface area (Å²) in [6, 6.07) is 15.7. The van der Waals surface area contributed by atoms with Crippen LogP contribution in [0.25, 0.3) is 10.8 Å². The first-order valence-corrected chi connectivity index (χ1v) is 10.1. The Bertz CT molecular complexity index is 1030. The third kappa shape index (κ3) is 4.32. The molecule has 2 aromatic carbocycles. The molecule has 0 atom stereocenters. The molecular formula is C20H21N3O3S. The van der Waals surface area contributed by atoms with Gasteiger partial charge in [-0.25, -0.2) is 8.42 Å². The molecule has 3 rings (SSSR count). The van der Waals surface area contributed by atoms with Gasteiger partial charge in [-0.05, 0) is 30.7 Å². The number of anilines is 1. The Morgan fingerprint density at radius 3 is 2.59 bits per heavy atom. The molecule has 6 nitrogen and oxygen atoms in total. The monoisotopic (exact) mass is 383 g/mol. The number of aromatic nitrogens is 1. The lowest BCUT2D eigenvalue weighted by Gasteiger charge is -2.22. The normalized spacial score (nSPS) is 11.6. The minimum atomic E-state index is -3.83. The first-order valence-electron chi connectivity index (χ1n) is 8.70. The van der Waals surface area contributed by atoms with E-state index in [-0.39, 0.29) is 23.9 Å². The molecule has 0 bridgehead atoms. The quantitative estimate of drug-likeness (QED) is 0.679. The lowest BCUT2D eigenvalue weighted by Crippen LogP contribution is -2.38. The van der Waals surface area contributed by atoms with Crippen LogP contribution in [0.5, 0.6) is 0 Å². The lowest BCUT2D eigenvalue weighted by atomic mass is 10.2. The van der Waals surface area contributed by atoms with Gasteiger partial charge in [0.25, 0.3) is 0 Å². The van der Waals surface area contributed by atoms with Gasteiger partial charge < -0.3 is 5.32 Å². The third-order valence-electron chi connectivity index (χ3n) is 4.11. The second-order valence-electron chi connectivity index (χ2n) is 6.11. The van der Waals surface area contributed by atoms with Crippen molar-refractivity contribution in [1.82, 2.24) is 9.29 Å². The van der Waals surface area contributed by atoms with Crippen molar-refractivity contribution in [1.29, 1.82) is 0 Å². The number of pyridine rings is 1. The van der Waals surface area contributed by atoms with E-state index in [1.165, 1.54) is 4.31 Å². The minimum Gasteiger partial charge on any atom is -0.325 e. The van der Waals surface area contributed by atoms with Crippen molar-refractivity contribution in [3.8, 4) is 0 Å². The Hall–Kier alpha value is -2.77. The molecule has 0 aliphatic heterocycles. The summed E-state index contributed by atoms with van der Waals surface area (Å²) in [5.41, 5.74) is 0.632. The van der Waals surface area contributed by atoms with E-state index < -0.39 is 10.0 Å². The highest BCUT2D eigenvalue weighted by Crippen LogP contribution is 2.25. The Balaban J connectivity index is 1.89. The number of fused-ring (bicyclic) bond motifs is 1. The summed E-state index contributed by atoms with van der Waals surface area (Å²) in [4.78, 5) is 16.6.